The maximum atomic E-state index is 12.1. The topological polar surface area (TPSA) is 200 Å². The summed E-state index contributed by atoms with van der Waals surface area (Å²) in [5.74, 6) is -4.88. The summed E-state index contributed by atoms with van der Waals surface area (Å²) in [6.07, 6.45) is -5.19. The summed E-state index contributed by atoms with van der Waals surface area (Å²) in [6.45, 7) is 0. The Bertz CT molecular complexity index is 862. The second-order valence-corrected chi connectivity index (χ2v) is 5.63. The van der Waals surface area contributed by atoms with E-state index in [2.05, 4.69) is 20.3 Å². The molecule has 0 aliphatic heterocycles. The Morgan fingerprint density at radius 1 is 1.22 bits per heavy atom. The highest BCUT2D eigenvalue weighted by atomic mass is 19.4. The van der Waals surface area contributed by atoms with E-state index in [0.717, 1.165) is 13.2 Å². The number of nitrogens with two attached hydrogens (primary N) is 1. The number of methoxy groups -OCH3 is 2. The van der Waals surface area contributed by atoms with Crippen LogP contribution in [0.3, 0.4) is 0 Å². The number of rotatable bonds is 8. The quantitative estimate of drug-likeness (QED) is 0.180. The SMILES string of the molecule is COC(=O)CC[C@H](NNC(=O)c1ccc(N)cc1[N+](=O)[O-])C(=O)OC.O=C(O)C(F)(F)F. The molecule has 1 amide bonds. The number of hydrogen-bond acceptors (Lipinski definition) is 10. The first-order chi connectivity index (χ1) is 14.7. The molecule has 13 nitrogen and oxygen atoms in total. The van der Waals surface area contributed by atoms with Gasteiger partial charge in [-0.1, -0.05) is 0 Å². The van der Waals surface area contributed by atoms with Crippen molar-refractivity contribution < 1.29 is 51.9 Å². The van der Waals surface area contributed by atoms with Gasteiger partial charge in [0.2, 0.25) is 0 Å². The van der Waals surface area contributed by atoms with Gasteiger partial charge in [0.05, 0.1) is 19.1 Å². The van der Waals surface area contributed by atoms with Crippen molar-refractivity contribution in [1.82, 2.24) is 10.9 Å². The molecule has 0 heterocycles. The van der Waals surface area contributed by atoms with Gasteiger partial charge < -0.3 is 20.3 Å². The van der Waals surface area contributed by atoms with Crippen LogP contribution in [0.1, 0.15) is 23.2 Å². The van der Waals surface area contributed by atoms with E-state index in [4.69, 9.17) is 15.6 Å². The first kappa shape index (κ1) is 28.1. The van der Waals surface area contributed by atoms with E-state index in [0.29, 0.717) is 0 Å². The minimum absolute atomic E-state index is 0.0105. The predicted molar refractivity (Wildman–Crippen MR) is 98.9 cm³/mol. The normalized spacial score (nSPS) is 11.3. The third-order valence-electron chi connectivity index (χ3n) is 3.42. The first-order valence-electron chi connectivity index (χ1n) is 8.29. The number of hydrogen-bond donors (Lipinski definition) is 4. The number of aliphatic carboxylic acids is 1. The van der Waals surface area contributed by atoms with Crippen molar-refractivity contribution >= 4 is 35.2 Å². The van der Waals surface area contributed by atoms with E-state index in [9.17, 15) is 37.7 Å². The number of carboxylic acids is 1. The zero-order valence-corrected chi connectivity index (χ0v) is 16.6. The highest BCUT2D eigenvalue weighted by Crippen LogP contribution is 2.21. The molecule has 0 radical (unpaired) electrons. The van der Waals surface area contributed by atoms with Crippen molar-refractivity contribution in [3.63, 3.8) is 0 Å². The number of anilines is 1. The van der Waals surface area contributed by atoms with Crippen LogP contribution in [0.4, 0.5) is 24.5 Å². The molecular formula is C16H19F3N4O9. The van der Waals surface area contributed by atoms with Gasteiger partial charge in [-0.15, -0.1) is 0 Å². The molecule has 32 heavy (non-hydrogen) atoms. The summed E-state index contributed by atoms with van der Waals surface area (Å²) >= 11 is 0. The third-order valence-corrected chi connectivity index (χ3v) is 3.42. The van der Waals surface area contributed by atoms with Crippen LogP contribution >= 0.6 is 0 Å². The Hall–Kier alpha value is -3.95. The fourth-order valence-electron chi connectivity index (χ4n) is 1.87. The van der Waals surface area contributed by atoms with Crippen LogP contribution in [0.25, 0.3) is 0 Å². The molecule has 0 aromatic heterocycles. The number of nitrogens with zero attached hydrogens (tertiary/aromatic N) is 1. The number of ether oxygens (including phenoxy) is 2. The lowest BCUT2D eigenvalue weighted by molar-refractivity contribution is -0.385. The number of halogens is 3. The van der Waals surface area contributed by atoms with Crippen molar-refractivity contribution in [1.29, 1.82) is 0 Å². The number of nitrogens with one attached hydrogen (secondary N) is 2. The molecule has 1 aromatic rings. The third kappa shape index (κ3) is 9.70. The van der Waals surface area contributed by atoms with Gasteiger partial charge >= 0.3 is 24.1 Å². The smallest absolute Gasteiger partial charge is 0.475 e. The number of carbonyl (C=O) groups is 4. The number of alkyl halides is 3. The van der Waals surface area contributed by atoms with Crippen LogP contribution in [0, 0.1) is 10.1 Å². The van der Waals surface area contributed by atoms with Crippen LogP contribution in [0.2, 0.25) is 0 Å². The van der Waals surface area contributed by atoms with Gasteiger partial charge in [-0.05, 0) is 18.6 Å². The molecule has 16 heteroatoms. The van der Waals surface area contributed by atoms with Crippen molar-refractivity contribution in [2.75, 3.05) is 20.0 Å². The molecule has 0 unspecified atom stereocenters. The average molecular weight is 468 g/mol. The van der Waals surface area contributed by atoms with Crippen LogP contribution in [-0.2, 0) is 23.9 Å². The second-order valence-electron chi connectivity index (χ2n) is 5.63. The molecule has 1 aromatic carbocycles. The number of carbonyl (C=O) groups excluding carboxylic acids is 3. The molecule has 1 atom stereocenters. The van der Waals surface area contributed by atoms with E-state index in [1.807, 2.05) is 0 Å². The monoisotopic (exact) mass is 468 g/mol. The highest BCUT2D eigenvalue weighted by Gasteiger charge is 2.38. The molecule has 0 fully saturated rings. The summed E-state index contributed by atoms with van der Waals surface area (Å²) in [4.78, 5) is 54.1. The number of hydrazine groups is 1. The van der Waals surface area contributed by atoms with Crippen molar-refractivity contribution in [3.05, 3.63) is 33.9 Å². The minimum atomic E-state index is -5.08. The van der Waals surface area contributed by atoms with E-state index < -0.39 is 46.6 Å². The van der Waals surface area contributed by atoms with E-state index >= 15 is 0 Å². The molecule has 0 saturated heterocycles. The summed E-state index contributed by atoms with van der Waals surface area (Å²) in [6, 6.07) is 2.52. The number of nitrogen functional groups attached to an aromatic ring is 1. The molecule has 0 saturated carbocycles. The Kier molecular flexibility index (Phi) is 11.1. The van der Waals surface area contributed by atoms with Crippen molar-refractivity contribution in [2.24, 2.45) is 0 Å². The Balaban J connectivity index is 0.00000118. The maximum Gasteiger partial charge on any atom is 0.490 e. The van der Waals surface area contributed by atoms with Gasteiger partial charge in [-0.25, -0.2) is 10.2 Å². The molecule has 1 rings (SSSR count). The lowest BCUT2D eigenvalue weighted by Crippen LogP contribution is -2.48. The molecule has 0 bridgehead atoms. The molecule has 0 spiro atoms. The van der Waals surface area contributed by atoms with Gasteiger partial charge in [0, 0.05) is 18.2 Å². The van der Waals surface area contributed by atoms with E-state index in [-0.39, 0.29) is 24.1 Å². The summed E-state index contributed by atoms with van der Waals surface area (Å²) in [7, 11) is 2.34. The highest BCUT2D eigenvalue weighted by molar-refractivity contribution is 5.98. The standard InChI is InChI=1S/C14H18N4O7.C2HF3O2/c1-24-12(19)6-5-10(14(21)25-2)16-17-13(20)9-4-3-8(15)7-11(9)18(22)23;3-2(4,5)1(6)7/h3-4,7,10,16H,5-6,15H2,1-2H3,(H,17,20);(H,6,7)/t10-;/m0./s1. The second kappa shape index (κ2) is 12.7. The minimum Gasteiger partial charge on any atom is -0.475 e. The predicted octanol–water partition coefficient (Wildman–Crippen LogP) is 0.540. The summed E-state index contributed by atoms with van der Waals surface area (Å²) in [5.41, 5.74) is 9.44. The van der Waals surface area contributed by atoms with Gasteiger partial charge in [0.25, 0.3) is 11.6 Å². The first-order valence-corrected chi connectivity index (χ1v) is 8.29. The fourth-order valence-corrected chi connectivity index (χ4v) is 1.87. The van der Waals surface area contributed by atoms with E-state index in [1.165, 1.54) is 19.2 Å². The lowest BCUT2D eigenvalue weighted by atomic mass is 10.1. The molecule has 0 aliphatic carbocycles. The number of carboxylic acid groups (broad SMARTS) is 1. The Morgan fingerprint density at radius 3 is 2.22 bits per heavy atom. The zero-order chi connectivity index (χ0) is 25.1. The van der Waals surface area contributed by atoms with Crippen molar-refractivity contribution in [3.8, 4) is 0 Å². The summed E-state index contributed by atoms with van der Waals surface area (Å²) in [5, 5.41) is 18.1. The average Bonchev–Trinajstić information content (AvgIpc) is 2.72. The largest absolute Gasteiger partial charge is 0.490 e. The van der Waals surface area contributed by atoms with Crippen LogP contribution in [0.5, 0.6) is 0 Å². The Morgan fingerprint density at radius 2 is 1.78 bits per heavy atom. The van der Waals surface area contributed by atoms with E-state index in [1.54, 1.807) is 0 Å². The van der Waals surface area contributed by atoms with Gasteiger partial charge in [-0.2, -0.15) is 13.2 Å². The number of benzene rings is 1. The number of esters is 2. The molecular weight excluding hydrogens is 449 g/mol. The maximum absolute atomic E-state index is 12.1. The number of amides is 1. The number of nitro groups is 1. The fraction of sp³-hybridized carbons (Fsp3) is 0.375. The van der Waals surface area contributed by atoms with Gasteiger partial charge in [0.15, 0.2) is 0 Å². The zero-order valence-electron chi connectivity index (χ0n) is 16.6. The van der Waals surface area contributed by atoms with Gasteiger partial charge in [0.1, 0.15) is 11.6 Å². The van der Waals surface area contributed by atoms with Crippen LogP contribution < -0.4 is 16.6 Å². The molecule has 178 valence electrons. The summed E-state index contributed by atoms with van der Waals surface area (Å²) < 4.78 is 40.8. The lowest BCUT2D eigenvalue weighted by Gasteiger charge is -2.16. The Labute approximate surface area is 177 Å². The number of nitro benzene ring substituents is 1. The van der Waals surface area contributed by atoms with Gasteiger partial charge in [-0.3, -0.25) is 29.9 Å². The van der Waals surface area contributed by atoms with Crippen LogP contribution in [0.15, 0.2) is 18.2 Å². The molecule has 0 aliphatic rings. The molecule has 5 N–H and O–H groups in total. The van der Waals surface area contributed by atoms with Crippen LogP contribution in [-0.4, -0.2) is 60.3 Å². The van der Waals surface area contributed by atoms with Crippen molar-refractivity contribution in [2.45, 2.75) is 25.1 Å².